The first kappa shape index (κ1) is 15.5. The number of hydrogen-bond donors (Lipinski definition) is 1. The van der Waals surface area contributed by atoms with Crippen LogP contribution in [0.3, 0.4) is 0 Å². The fourth-order valence-electron chi connectivity index (χ4n) is 2.75. The van der Waals surface area contributed by atoms with Crippen molar-refractivity contribution in [3.05, 3.63) is 15.9 Å². The van der Waals surface area contributed by atoms with Gasteiger partial charge >= 0.3 is 5.97 Å². The van der Waals surface area contributed by atoms with Crippen molar-refractivity contribution in [2.75, 3.05) is 13.1 Å². The van der Waals surface area contributed by atoms with Crippen molar-refractivity contribution in [1.82, 2.24) is 14.7 Å². The zero-order valence-corrected chi connectivity index (χ0v) is 13.9. The van der Waals surface area contributed by atoms with E-state index >= 15 is 0 Å². The van der Waals surface area contributed by atoms with Gasteiger partial charge in [-0.3, -0.25) is 14.4 Å². The van der Waals surface area contributed by atoms with Gasteiger partial charge in [-0.2, -0.15) is 5.10 Å². The molecule has 1 aromatic heterocycles. The summed E-state index contributed by atoms with van der Waals surface area (Å²) in [7, 11) is 0. The Labute approximate surface area is 128 Å². The summed E-state index contributed by atoms with van der Waals surface area (Å²) >= 11 is 3.64. The monoisotopic (exact) mass is 343 g/mol. The number of nitrogens with zero attached hydrogens (tertiary/aromatic N) is 3. The summed E-state index contributed by atoms with van der Waals surface area (Å²) in [4.78, 5) is 13.5. The van der Waals surface area contributed by atoms with Crippen molar-refractivity contribution >= 4 is 21.9 Å². The maximum absolute atomic E-state index is 11.3. The Morgan fingerprint density at radius 1 is 1.50 bits per heavy atom. The average Bonchev–Trinajstić information content (AvgIpc) is 2.93. The minimum Gasteiger partial charge on any atom is -0.481 e. The molecule has 1 N–H and O–H groups in total. The van der Waals surface area contributed by atoms with Gasteiger partial charge in [0.2, 0.25) is 0 Å². The van der Waals surface area contributed by atoms with E-state index in [2.05, 4.69) is 39.8 Å². The number of aliphatic carboxylic acids is 1. The van der Waals surface area contributed by atoms with Crippen LogP contribution in [0.5, 0.6) is 0 Å². The van der Waals surface area contributed by atoms with Crippen LogP contribution in [0.1, 0.15) is 38.6 Å². The summed E-state index contributed by atoms with van der Waals surface area (Å²) in [6.45, 7) is 9.01. The number of rotatable bonds is 5. The van der Waals surface area contributed by atoms with Crippen molar-refractivity contribution < 1.29 is 9.90 Å². The molecule has 2 rings (SSSR count). The van der Waals surface area contributed by atoms with Crippen LogP contribution >= 0.6 is 15.9 Å². The largest absolute Gasteiger partial charge is 0.481 e. The number of halogens is 1. The highest BCUT2D eigenvalue weighted by Gasteiger charge is 2.40. The highest BCUT2D eigenvalue weighted by Crippen LogP contribution is 2.32. The van der Waals surface area contributed by atoms with Crippen LogP contribution in [0.4, 0.5) is 0 Å². The molecule has 1 aliphatic rings. The van der Waals surface area contributed by atoms with Gasteiger partial charge in [-0.1, -0.05) is 6.92 Å². The molecule has 0 bridgehead atoms. The summed E-state index contributed by atoms with van der Waals surface area (Å²) in [5, 5.41) is 13.9. The molecule has 0 spiro atoms. The SMILES string of the molecule is CCc1nn(CC)c(CN2CCC(C)(C(=O)O)C2)c1Br. The highest BCUT2D eigenvalue weighted by atomic mass is 79.9. The van der Waals surface area contributed by atoms with E-state index in [-0.39, 0.29) is 0 Å². The Bertz CT molecular complexity index is 515. The molecule has 6 heteroatoms. The molecule has 0 radical (unpaired) electrons. The van der Waals surface area contributed by atoms with Crippen molar-refractivity contribution in [2.24, 2.45) is 5.41 Å². The predicted octanol–water partition coefficient (Wildman–Crippen LogP) is 2.52. The number of aryl methyl sites for hydroxylation is 2. The number of hydrogen-bond acceptors (Lipinski definition) is 3. The lowest BCUT2D eigenvalue weighted by Crippen LogP contribution is -2.32. The van der Waals surface area contributed by atoms with Crippen LogP contribution < -0.4 is 0 Å². The molecule has 112 valence electrons. The smallest absolute Gasteiger partial charge is 0.310 e. The third kappa shape index (κ3) is 2.76. The molecule has 1 unspecified atom stereocenters. The van der Waals surface area contributed by atoms with Crippen molar-refractivity contribution in [1.29, 1.82) is 0 Å². The Morgan fingerprint density at radius 2 is 2.20 bits per heavy atom. The van der Waals surface area contributed by atoms with E-state index in [1.165, 1.54) is 0 Å². The minimum atomic E-state index is -0.697. The van der Waals surface area contributed by atoms with Gasteiger partial charge in [0, 0.05) is 19.6 Å². The number of aromatic nitrogens is 2. The lowest BCUT2D eigenvalue weighted by Gasteiger charge is -2.20. The summed E-state index contributed by atoms with van der Waals surface area (Å²) in [5.74, 6) is -0.697. The molecule has 1 aliphatic heterocycles. The molecule has 1 aromatic rings. The van der Waals surface area contributed by atoms with Crippen LogP contribution in [0.2, 0.25) is 0 Å². The molecule has 20 heavy (non-hydrogen) atoms. The van der Waals surface area contributed by atoms with Gasteiger partial charge in [-0.05, 0) is 49.2 Å². The molecule has 2 heterocycles. The first-order valence-corrected chi connectivity index (χ1v) is 7.90. The zero-order chi connectivity index (χ0) is 14.9. The highest BCUT2D eigenvalue weighted by molar-refractivity contribution is 9.10. The third-order valence-corrected chi connectivity index (χ3v) is 5.05. The predicted molar refractivity (Wildman–Crippen MR) is 80.6 cm³/mol. The van der Waals surface area contributed by atoms with Crippen molar-refractivity contribution in [2.45, 2.75) is 46.7 Å². The van der Waals surface area contributed by atoms with Crippen molar-refractivity contribution in [3.8, 4) is 0 Å². The van der Waals surface area contributed by atoms with E-state index in [9.17, 15) is 9.90 Å². The zero-order valence-electron chi connectivity index (χ0n) is 12.3. The topological polar surface area (TPSA) is 58.4 Å². The Morgan fingerprint density at radius 3 is 2.70 bits per heavy atom. The number of carboxylic acids is 1. The van der Waals surface area contributed by atoms with E-state index in [0.717, 1.165) is 41.9 Å². The van der Waals surface area contributed by atoms with Gasteiger partial charge in [0.05, 0.1) is 21.3 Å². The number of likely N-dealkylation sites (tertiary alicyclic amines) is 1. The molecule has 1 atom stereocenters. The molecule has 0 aliphatic carbocycles. The second-order valence-electron chi connectivity index (χ2n) is 5.70. The number of carboxylic acid groups (broad SMARTS) is 1. The van der Waals surface area contributed by atoms with Crippen LogP contribution in [0.25, 0.3) is 0 Å². The number of carbonyl (C=O) groups is 1. The lowest BCUT2D eigenvalue weighted by molar-refractivity contribution is -0.147. The van der Waals surface area contributed by atoms with Gasteiger partial charge in [-0.15, -0.1) is 0 Å². The van der Waals surface area contributed by atoms with Gasteiger partial charge in [0.1, 0.15) is 0 Å². The van der Waals surface area contributed by atoms with E-state index in [1.807, 2.05) is 11.6 Å². The fraction of sp³-hybridized carbons (Fsp3) is 0.714. The van der Waals surface area contributed by atoms with Crippen molar-refractivity contribution in [3.63, 3.8) is 0 Å². The van der Waals surface area contributed by atoms with Crippen LogP contribution in [-0.2, 0) is 24.3 Å². The van der Waals surface area contributed by atoms with Gasteiger partial charge in [0.25, 0.3) is 0 Å². The lowest BCUT2D eigenvalue weighted by atomic mass is 9.90. The second kappa shape index (κ2) is 5.85. The maximum Gasteiger partial charge on any atom is 0.310 e. The average molecular weight is 344 g/mol. The molecule has 1 fully saturated rings. The normalized spacial score (nSPS) is 23.4. The Balaban J connectivity index is 2.16. The van der Waals surface area contributed by atoms with E-state index in [0.29, 0.717) is 13.0 Å². The van der Waals surface area contributed by atoms with Gasteiger partial charge in [-0.25, -0.2) is 0 Å². The molecule has 1 saturated heterocycles. The van der Waals surface area contributed by atoms with Gasteiger partial charge in [0.15, 0.2) is 0 Å². The van der Waals surface area contributed by atoms with E-state index in [4.69, 9.17) is 0 Å². The first-order chi connectivity index (χ1) is 9.41. The molecular weight excluding hydrogens is 322 g/mol. The van der Waals surface area contributed by atoms with Gasteiger partial charge < -0.3 is 5.11 Å². The van der Waals surface area contributed by atoms with Crippen LogP contribution in [0.15, 0.2) is 4.47 Å². The van der Waals surface area contributed by atoms with E-state index < -0.39 is 11.4 Å². The summed E-state index contributed by atoms with van der Waals surface area (Å²) in [5.41, 5.74) is 1.61. The molecular formula is C14H22BrN3O2. The molecule has 0 saturated carbocycles. The quantitative estimate of drug-likeness (QED) is 0.892. The molecule has 0 amide bonds. The Hall–Kier alpha value is -0.880. The molecule has 5 nitrogen and oxygen atoms in total. The fourth-order valence-corrected chi connectivity index (χ4v) is 3.44. The summed E-state index contributed by atoms with van der Waals surface area (Å²) in [6, 6.07) is 0. The third-order valence-electron chi connectivity index (χ3n) is 4.14. The van der Waals surface area contributed by atoms with E-state index in [1.54, 1.807) is 0 Å². The molecule has 0 aromatic carbocycles. The summed E-state index contributed by atoms with van der Waals surface area (Å²) in [6.07, 6.45) is 1.61. The van der Waals surface area contributed by atoms with Crippen LogP contribution in [-0.4, -0.2) is 38.8 Å². The second-order valence-corrected chi connectivity index (χ2v) is 6.50. The standard InChI is InChI=1S/C14H22BrN3O2/c1-4-10-12(15)11(18(5-2)16-10)8-17-7-6-14(3,9-17)13(19)20/h4-9H2,1-3H3,(H,19,20). The first-order valence-electron chi connectivity index (χ1n) is 7.11. The van der Waals surface area contributed by atoms with Crippen LogP contribution in [0, 0.1) is 5.41 Å². The Kier molecular flexibility index (Phi) is 4.54. The maximum atomic E-state index is 11.3. The minimum absolute atomic E-state index is 0.602. The summed E-state index contributed by atoms with van der Waals surface area (Å²) < 4.78 is 3.09.